The van der Waals surface area contributed by atoms with E-state index >= 15 is 0 Å². The fourth-order valence-corrected chi connectivity index (χ4v) is 4.72. The van der Waals surface area contributed by atoms with Crippen molar-refractivity contribution in [1.29, 1.82) is 0 Å². The van der Waals surface area contributed by atoms with E-state index in [9.17, 15) is 9.50 Å². The highest BCUT2D eigenvalue weighted by Gasteiger charge is 2.28. The lowest BCUT2D eigenvalue weighted by Crippen LogP contribution is -2.35. The van der Waals surface area contributed by atoms with Crippen molar-refractivity contribution in [2.45, 2.75) is 51.7 Å². The molecule has 180 valence electrons. The van der Waals surface area contributed by atoms with E-state index < -0.39 is 11.9 Å². The third-order valence-corrected chi connectivity index (χ3v) is 6.82. The molecule has 0 aliphatic carbocycles. The van der Waals surface area contributed by atoms with E-state index in [4.69, 9.17) is 15.5 Å². The molecule has 1 aliphatic rings. The molecule has 1 fully saturated rings. The lowest BCUT2D eigenvalue weighted by Gasteiger charge is -2.33. The zero-order chi connectivity index (χ0) is 24.1. The number of ether oxygens (including phenoxy) is 1. The van der Waals surface area contributed by atoms with Crippen LogP contribution < -0.4 is 15.4 Å². The maximum atomic E-state index is 14.4. The fraction of sp³-hybridized carbons (Fsp3) is 0.478. The molecule has 10 nitrogen and oxygen atoms in total. The predicted octanol–water partition coefficient (Wildman–Crippen LogP) is 2.84. The Morgan fingerprint density at radius 3 is 2.79 bits per heavy atom. The van der Waals surface area contributed by atoms with Crippen molar-refractivity contribution in [2.24, 2.45) is 0 Å². The van der Waals surface area contributed by atoms with Crippen molar-refractivity contribution >= 4 is 28.2 Å². The smallest absolute Gasteiger partial charge is 0.223 e. The molecular formula is C23H29FN8O2. The molecule has 3 N–H and O–H groups in total. The van der Waals surface area contributed by atoms with E-state index in [1.165, 1.54) is 23.8 Å². The second-order valence-electron chi connectivity index (χ2n) is 9.01. The summed E-state index contributed by atoms with van der Waals surface area (Å²) in [6.45, 7) is 7.37. The third kappa shape index (κ3) is 3.60. The molecule has 0 saturated carbocycles. The Bertz CT molecular complexity index is 1360. The number of aromatic nitrogens is 6. The molecule has 11 heteroatoms. The Morgan fingerprint density at radius 1 is 1.26 bits per heavy atom. The Hall–Kier alpha value is -3.47. The molecule has 34 heavy (non-hydrogen) atoms. The summed E-state index contributed by atoms with van der Waals surface area (Å²) < 4.78 is 22.8. The fourth-order valence-electron chi connectivity index (χ4n) is 4.72. The zero-order valence-electron chi connectivity index (χ0n) is 19.7. The molecule has 1 saturated heterocycles. The van der Waals surface area contributed by atoms with Gasteiger partial charge in [0.15, 0.2) is 23.0 Å². The number of nitrogens with two attached hydrogens (primary N) is 1. The number of nitrogens with zero attached hydrogens (tertiary/aromatic N) is 7. The van der Waals surface area contributed by atoms with Crippen LogP contribution in [0.25, 0.3) is 16.6 Å². The van der Waals surface area contributed by atoms with Gasteiger partial charge in [-0.1, -0.05) is 0 Å². The minimum atomic E-state index is -0.499. The van der Waals surface area contributed by atoms with Crippen LogP contribution in [0.2, 0.25) is 0 Å². The molecule has 4 heterocycles. The van der Waals surface area contributed by atoms with Crippen LogP contribution in [-0.2, 0) is 0 Å². The van der Waals surface area contributed by atoms with E-state index in [-0.39, 0.29) is 23.7 Å². The molecule has 5 rings (SSSR count). The summed E-state index contributed by atoms with van der Waals surface area (Å²) in [4.78, 5) is 11.4. The van der Waals surface area contributed by atoms with Crippen molar-refractivity contribution in [1.82, 2.24) is 29.4 Å². The first kappa shape index (κ1) is 22.3. The van der Waals surface area contributed by atoms with E-state index in [1.807, 2.05) is 24.7 Å². The predicted molar refractivity (Wildman–Crippen MR) is 127 cm³/mol. The number of methoxy groups -OCH3 is 1. The molecule has 0 spiro atoms. The van der Waals surface area contributed by atoms with Gasteiger partial charge in [0.25, 0.3) is 0 Å². The zero-order valence-corrected chi connectivity index (χ0v) is 19.7. The Morgan fingerprint density at radius 2 is 2.06 bits per heavy atom. The molecule has 3 atom stereocenters. The van der Waals surface area contributed by atoms with E-state index in [0.29, 0.717) is 22.4 Å². The van der Waals surface area contributed by atoms with E-state index in [2.05, 4.69) is 20.1 Å². The van der Waals surface area contributed by atoms with Gasteiger partial charge in [-0.15, -0.1) is 5.10 Å². The summed E-state index contributed by atoms with van der Waals surface area (Å²) in [5, 5.41) is 19.7. The van der Waals surface area contributed by atoms with Gasteiger partial charge in [-0.2, -0.15) is 9.61 Å². The highest BCUT2D eigenvalue weighted by molar-refractivity contribution is 5.93. The van der Waals surface area contributed by atoms with Crippen LogP contribution in [0.5, 0.6) is 5.75 Å². The van der Waals surface area contributed by atoms with Gasteiger partial charge in [-0.05, 0) is 39.7 Å². The van der Waals surface area contributed by atoms with Crippen LogP contribution in [0.1, 0.15) is 50.2 Å². The summed E-state index contributed by atoms with van der Waals surface area (Å²) >= 11 is 0. The lowest BCUT2D eigenvalue weighted by molar-refractivity contribution is 0.131. The molecule has 0 radical (unpaired) electrons. The Labute approximate surface area is 196 Å². The lowest BCUT2D eigenvalue weighted by atomic mass is 9.97. The largest absolute Gasteiger partial charge is 0.494 e. The average Bonchev–Trinajstić information content (AvgIpc) is 3.44. The molecule has 0 amide bonds. The number of halogens is 1. The van der Waals surface area contributed by atoms with Gasteiger partial charge in [0.2, 0.25) is 5.95 Å². The van der Waals surface area contributed by atoms with Gasteiger partial charge in [0, 0.05) is 30.5 Å². The minimum Gasteiger partial charge on any atom is -0.494 e. The molecule has 0 bridgehead atoms. The highest BCUT2D eigenvalue weighted by atomic mass is 19.1. The van der Waals surface area contributed by atoms with Crippen LogP contribution in [0, 0.1) is 12.7 Å². The van der Waals surface area contributed by atoms with Gasteiger partial charge in [0.1, 0.15) is 0 Å². The summed E-state index contributed by atoms with van der Waals surface area (Å²) in [5.41, 5.74) is 9.20. The van der Waals surface area contributed by atoms with E-state index in [1.54, 1.807) is 6.92 Å². The van der Waals surface area contributed by atoms with Gasteiger partial charge < -0.3 is 20.5 Å². The number of hydrogen-bond donors (Lipinski definition) is 2. The maximum Gasteiger partial charge on any atom is 0.223 e. The van der Waals surface area contributed by atoms with Gasteiger partial charge in [-0.3, -0.25) is 4.68 Å². The first-order valence-corrected chi connectivity index (χ1v) is 11.4. The second-order valence-corrected chi connectivity index (χ2v) is 9.01. The van der Waals surface area contributed by atoms with Gasteiger partial charge in [0.05, 0.1) is 42.4 Å². The SMILES string of the molecule is COc1cc2nc(N)n3nc(C4CCCN(c5cnn([C@H](C)[C@@H](C)O)c5C)C4)nc3c2cc1F. The number of benzene rings is 1. The van der Waals surface area contributed by atoms with Crippen molar-refractivity contribution in [3.05, 3.63) is 35.7 Å². The molecule has 4 aromatic rings. The second kappa shape index (κ2) is 8.39. The van der Waals surface area contributed by atoms with Crippen LogP contribution in [0.4, 0.5) is 16.0 Å². The summed E-state index contributed by atoms with van der Waals surface area (Å²) in [6.07, 6.45) is 3.26. The van der Waals surface area contributed by atoms with E-state index in [0.717, 1.165) is 37.3 Å². The van der Waals surface area contributed by atoms with Crippen molar-refractivity contribution in [3.8, 4) is 5.75 Å². The molecule has 1 unspecified atom stereocenters. The summed E-state index contributed by atoms with van der Waals surface area (Å²) in [5.74, 6) is 0.530. The number of hydrogen-bond acceptors (Lipinski definition) is 8. The van der Waals surface area contributed by atoms with Crippen LogP contribution in [-0.4, -0.2) is 60.8 Å². The number of aliphatic hydroxyl groups excluding tert-OH is 1. The number of aliphatic hydroxyl groups is 1. The number of nitrogen functional groups attached to an aromatic ring is 1. The topological polar surface area (TPSA) is 120 Å². The Kier molecular flexibility index (Phi) is 5.51. The van der Waals surface area contributed by atoms with Crippen molar-refractivity contribution in [3.63, 3.8) is 0 Å². The number of rotatable bonds is 5. The van der Waals surface area contributed by atoms with Crippen molar-refractivity contribution in [2.75, 3.05) is 30.8 Å². The van der Waals surface area contributed by atoms with Gasteiger partial charge >= 0.3 is 0 Å². The molecule has 1 aromatic carbocycles. The summed E-state index contributed by atoms with van der Waals surface area (Å²) in [7, 11) is 1.41. The van der Waals surface area contributed by atoms with Crippen molar-refractivity contribution < 1.29 is 14.2 Å². The van der Waals surface area contributed by atoms with Crippen LogP contribution in [0.15, 0.2) is 18.3 Å². The van der Waals surface area contributed by atoms with Gasteiger partial charge in [-0.25, -0.2) is 14.4 Å². The van der Waals surface area contributed by atoms with Crippen LogP contribution in [0.3, 0.4) is 0 Å². The maximum absolute atomic E-state index is 14.4. The Balaban J connectivity index is 1.49. The monoisotopic (exact) mass is 468 g/mol. The number of fused-ring (bicyclic) bond motifs is 3. The highest BCUT2D eigenvalue weighted by Crippen LogP contribution is 2.33. The first-order valence-electron chi connectivity index (χ1n) is 11.4. The molecule has 1 aliphatic heterocycles. The third-order valence-electron chi connectivity index (χ3n) is 6.82. The number of anilines is 2. The quantitative estimate of drug-likeness (QED) is 0.459. The number of piperidine rings is 1. The average molecular weight is 469 g/mol. The standard InChI is InChI=1S/C23H29FN8O2/c1-12(14(3)33)31-13(2)19(10-26-31)30-7-5-6-15(11-30)21-28-22-16-8-17(24)20(34-4)9-18(16)27-23(25)32(22)29-21/h8-10,12,14-15,33H,5-7,11H2,1-4H3,(H2,25,27)/t12-,14-,15?/m1/s1. The summed E-state index contributed by atoms with van der Waals surface area (Å²) in [6, 6.07) is 2.77. The molecular weight excluding hydrogens is 439 g/mol. The van der Waals surface area contributed by atoms with Crippen LogP contribution >= 0.6 is 0 Å². The first-order chi connectivity index (χ1) is 16.3. The normalized spacial score (nSPS) is 18.5. The molecule has 3 aromatic heterocycles. The minimum absolute atomic E-state index is 0.0723.